The van der Waals surface area contributed by atoms with Crippen molar-refractivity contribution in [2.75, 3.05) is 0 Å². The topological polar surface area (TPSA) is 9.23 Å². The van der Waals surface area contributed by atoms with Crippen LogP contribution in [0.25, 0.3) is 0 Å². The highest BCUT2D eigenvalue weighted by molar-refractivity contribution is 6.74. The molecule has 0 aliphatic heterocycles. The predicted molar refractivity (Wildman–Crippen MR) is 88.8 cm³/mol. The van der Waals surface area contributed by atoms with E-state index in [-0.39, 0.29) is 11.1 Å². The molecule has 112 valence electrons. The zero-order valence-corrected chi connectivity index (χ0v) is 15.2. The second-order valence-electron chi connectivity index (χ2n) is 7.30. The van der Waals surface area contributed by atoms with Crippen LogP contribution in [0.15, 0.2) is 0 Å². The molecule has 0 spiro atoms. The molecule has 1 nitrogen and oxygen atoms in total. The fraction of sp³-hybridized carbons (Fsp3) is 0.882. The van der Waals surface area contributed by atoms with Gasteiger partial charge in [0.2, 0.25) is 0 Å². The van der Waals surface area contributed by atoms with Gasteiger partial charge in [-0.05, 0) is 30.5 Å². The van der Waals surface area contributed by atoms with Crippen molar-refractivity contribution < 1.29 is 4.43 Å². The minimum absolute atomic E-state index is 0.239. The molecule has 0 fully saturated rings. The largest absolute Gasteiger partial charge is 0.413 e. The van der Waals surface area contributed by atoms with Crippen LogP contribution in [0.1, 0.15) is 66.7 Å². The number of rotatable bonds is 8. The van der Waals surface area contributed by atoms with Gasteiger partial charge < -0.3 is 4.43 Å². The van der Waals surface area contributed by atoms with E-state index in [1.807, 2.05) is 0 Å². The molecule has 0 aromatic rings. The standard InChI is InChI=1S/C17H34OSi/c1-9-11-12-14-15(3)16(13-10-2)18-19(7,8)17(4,5)6/h2,15-16H,9,11-14H2,1,3-8H3/t15-,16-/m1/s1. The summed E-state index contributed by atoms with van der Waals surface area (Å²) in [6.45, 7) is 16.0. The van der Waals surface area contributed by atoms with Crippen LogP contribution in [0.2, 0.25) is 18.1 Å². The molecule has 0 aliphatic rings. The Kier molecular flexibility index (Phi) is 8.01. The summed E-state index contributed by atoms with van der Waals surface area (Å²) in [4.78, 5) is 0. The SMILES string of the molecule is C#CC[C@@H](O[Si](C)(C)C(C)(C)C)[C@H](C)CCCCC. The van der Waals surface area contributed by atoms with Gasteiger partial charge in [-0.15, -0.1) is 12.3 Å². The molecule has 0 bridgehead atoms. The molecule has 0 aromatic carbocycles. The molecule has 2 heteroatoms. The maximum Gasteiger partial charge on any atom is 0.192 e. The summed E-state index contributed by atoms with van der Waals surface area (Å²) in [7, 11) is -1.71. The van der Waals surface area contributed by atoms with Crippen molar-refractivity contribution in [3.63, 3.8) is 0 Å². The fourth-order valence-corrected chi connectivity index (χ4v) is 3.36. The van der Waals surface area contributed by atoms with Gasteiger partial charge in [0, 0.05) is 6.42 Å². The van der Waals surface area contributed by atoms with Crippen molar-refractivity contribution in [3.05, 3.63) is 0 Å². The Balaban J connectivity index is 4.61. The molecule has 0 rings (SSSR count). The van der Waals surface area contributed by atoms with E-state index in [9.17, 15) is 0 Å². The Morgan fingerprint density at radius 2 is 1.79 bits per heavy atom. The molecule has 0 aromatic heterocycles. The van der Waals surface area contributed by atoms with Crippen LogP contribution >= 0.6 is 0 Å². The number of terminal acetylenes is 1. The summed E-state index contributed by atoms with van der Waals surface area (Å²) in [5, 5.41) is 0.253. The summed E-state index contributed by atoms with van der Waals surface area (Å²) in [6.07, 6.45) is 11.6. The van der Waals surface area contributed by atoms with E-state index in [0.717, 1.165) is 6.42 Å². The minimum atomic E-state index is -1.71. The lowest BCUT2D eigenvalue weighted by Crippen LogP contribution is -2.45. The van der Waals surface area contributed by atoms with Crippen LogP contribution in [-0.4, -0.2) is 14.4 Å². The second-order valence-corrected chi connectivity index (χ2v) is 12.1. The Hall–Kier alpha value is -0.263. The average Bonchev–Trinajstić information content (AvgIpc) is 2.27. The van der Waals surface area contributed by atoms with Crippen LogP contribution in [0.3, 0.4) is 0 Å². The number of unbranched alkanes of at least 4 members (excludes halogenated alkanes) is 2. The molecule has 0 N–H and O–H groups in total. The van der Waals surface area contributed by atoms with Crippen LogP contribution in [0, 0.1) is 18.3 Å². The monoisotopic (exact) mass is 282 g/mol. The lowest BCUT2D eigenvalue weighted by Gasteiger charge is -2.40. The summed E-state index contributed by atoms with van der Waals surface area (Å²) in [5.41, 5.74) is 0. The fourth-order valence-electron chi connectivity index (χ4n) is 1.93. The van der Waals surface area contributed by atoms with Gasteiger partial charge in [0.05, 0.1) is 6.10 Å². The summed E-state index contributed by atoms with van der Waals surface area (Å²) in [5.74, 6) is 3.38. The van der Waals surface area contributed by atoms with E-state index in [1.54, 1.807) is 0 Å². The molecule has 0 aliphatic carbocycles. The van der Waals surface area contributed by atoms with E-state index < -0.39 is 8.32 Å². The van der Waals surface area contributed by atoms with E-state index in [4.69, 9.17) is 10.8 Å². The first-order valence-electron chi connectivity index (χ1n) is 7.77. The van der Waals surface area contributed by atoms with Crippen LogP contribution in [0.4, 0.5) is 0 Å². The molecular weight excluding hydrogens is 248 g/mol. The van der Waals surface area contributed by atoms with E-state index >= 15 is 0 Å². The number of hydrogen-bond acceptors (Lipinski definition) is 1. The van der Waals surface area contributed by atoms with E-state index in [1.165, 1.54) is 25.7 Å². The zero-order chi connectivity index (χ0) is 15.1. The summed E-state index contributed by atoms with van der Waals surface area (Å²) < 4.78 is 6.53. The normalized spacial score (nSPS) is 15.9. The van der Waals surface area contributed by atoms with Crippen molar-refractivity contribution in [3.8, 4) is 12.3 Å². The summed E-state index contributed by atoms with van der Waals surface area (Å²) in [6, 6.07) is 0. The predicted octanol–water partition coefficient (Wildman–Crippen LogP) is 5.62. The van der Waals surface area contributed by atoms with Gasteiger partial charge in [-0.3, -0.25) is 0 Å². The maximum atomic E-state index is 6.53. The molecule has 2 atom stereocenters. The van der Waals surface area contributed by atoms with Crippen molar-refractivity contribution >= 4 is 8.32 Å². The summed E-state index contributed by atoms with van der Waals surface area (Å²) >= 11 is 0. The van der Waals surface area contributed by atoms with Crippen molar-refractivity contribution in [1.82, 2.24) is 0 Å². The zero-order valence-electron chi connectivity index (χ0n) is 14.2. The Morgan fingerprint density at radius 3 is 2.21 bits per heavy atom. The Morgan fingerprint density at radius 1 is 1.21 bits per heavy atom. The van der Waals surface area contributed by atoms with Gasteiger partial charge in [0.25, 0.3) is 0 Å². The average molecular weight is 283 g/mol. The van der Waals surface area contributed by atoms with Gasteiger partial charge in [0.15, 0.2) is 8.32 Å². The molecule has 0 radical (unpaired) electrons. The molecule has 0 saturated carbocycles. The first kappa shape index (κ1) is 18.7. The highest BCUT2D eigenvalue weighted by Gasteiger charge is 2.39. The first-order chi connectivity index (χ1) is 8.65. The molecular formula is C17H34OSi. The van der Waals surface area contributed by atoms with Crippen LogP contribution in [0.5, 0.6) is 0 Å². The third-order valence-electron chi connectivity index (χ3n) is 4.47. The van der Waals surface area contributed by atoms with Crippen molar-refractivity contribution in [1.29, 1.82) is 0 Å². The third kappa shape index (κ3) is 6.63. The van der Waals surface area contributed by atoms with Gasteiger partial charge in [-0.2, -0.15) is 0 Å². The Bertz CT molecular complexity index is 283. The van der Waals surface area contributed by atoms with Crippen LogP contribution < -0.4 is 0 Å². The second kappa shape index (κ2) is 8.12. The Labute approximate surface area is 122 Å². The molecule has 0 unspecified atom stereocenters. The number of hydrogen-bond donors (Lipinski definition) is 0. The minimum Gasteiger partial charge on any atom is -0.413 e. The lowest BCUT2D eigenvalue weighted by atomic mass is 9.96. The van der Waals surface area contributed by atoms with Crippen LogP contribution in [-0.2, 0) is 4.43 Å². The molecule has 19 heavy (non-hydrogen) atoms. The van der Waals surface area contributed by atoms with E-state index in [0.29, 0.717) is 5.92 Å². The highest BCUT2D eigenvalue weighted by atomic mass is 28.4. The molecule has 0 amide bonds. The molecule has 0 saturated heterocycles. The highest BCUT2D eigenvalue weighted by Crippen LogP contribution is 2.38. The quantitative estimate of drug-likeness (QED) is 0.319. The first-order valence-corrected chi connectivity index (χ1v) is 10.7. The van der Waals surface area contributed by atoms with Gasteiger partial charge in [-0.25, -0.2) is 0 Å². The van der Waals surface area contributed by atoms with Crippen molar-refractivity contribution in [2.45, 2.75) is 91.0 Å². The van der Waals surface area contributed by atoms with Gasteiger partial charge >= 0.3 is 0 Å². The van der Waals surface area contributed by atoms with Gasteiger partial charge in [0.1, 0.15) is 0 Å². The van der Waals surface area contributed by atoms with Crippen molar-refractivity contribution in [2.24, 2.45) is 5.92 Å². The smallest absolute Gasteiger partial charge is 0.192 e. The molecule has 0 heterocycles. The maximum absolute atomic E-state index is 6.53. The van der Waals surface area contributed by atoms with Gasteiger partial charge in [-0.1, -0.05) is 53.9 Å². The third-order valence-corrected chi connectivity index (χ3v) is 8.97. The lowest BCUT2D eigenvalue weighted by molar-refractivity contribution is 0.123. The van der Waals surface area contributed by atoms with E-state index in [2.05, 4.69) is 53.6 Å².